The van der Waals surface area contributed by atoms with Crippen molar-refractivity contribution in [2.24, 2.45) is 0 Å². The highest BCUT2D eigenvalue weighted by Crippen LogP contribution is 2.34. The summed E-state index contributed by atoms with van der Waals surface area (Å²) in [4.78, 5) is 0. The van der Waals surface area contributed by atoms with Crippen molar-refractivity contribution >= 4 is 16.3 Å². The molecule has 0 aliphatic rings. The van der Waals surface area contributed by atoms with E-state index in [1.807, 2.05) is 53.9 Å². The van der Waals surface area contributed by atoms with Gasteiger partial charge in [0.15, 0.2) is 0 Å². The Labute approximate surface area is 133 Å². The first-order valence-corrected chi connectivity index (χ1v) is 7.38. The second-order valence-electron chi connectivity index (χ2n) is 5.63. The molecule has 0 N–H and O–H groups in total. The van der Waals surface area contributed by atoms with Crippen LogP contribution in [0.1, 0.15) is 11.3 Å². The van der Waals surface area contributed by atoms with E-state index in [9.17, 15) is 9.65 Å². The zero-order valence-electron chi connectivity index (χ0n) is 12.5. The van der Waals surface area contributed by atoms with Crippen LogP contribution in [0.25, 0.3) is 27.4 Å². The monoisotopic (exact) mass is 300 g/mol. The van der Waals surface area contributed by atoms with Crippen molar-refractivity contribution in [2.45, 2.75) is 6.92 Å². The number of aryl methyl sites for hydroxylation is 1. The second kappa shape index (κ2) is 4.96. The van der Waals surface area contributed by atoms with E-state index in [2.05, 4.69) is 6.07 Å². The number of halogens is 1. The van der Waals surface area contributed by atoms with Gasteiger partial charge in [-0.1, -0.05) is 36.4 Å². The third-order valence-corrected chi connectivity index (χ3v) is 4.22. The zero-order chi connectivity index (χ0) is 16.0. The molecule has 4 rings (SSSR count). The number of nitriles is 1. The average molecular weight is 300 g/mol. The van der Waals surface area contributed by atoms with Crippen molar-refractivity contribution in [3.8, 4) is 17.2 Å². The molecule has 0 unspecified atom stereocenters. The molecule has 0 atom stereocenters. The Balaban J connectivity index is 2.24. The molecule has 2 aromatic heterocycles. The van der Waals surface area contributed by atoms with E-state index in [0.29, 0.717) is 5.56 Å². The fourth-order valence-corrected chi connectivity index (χ4v) is 3.17. The van der Waals surface area contributed by atoms with Gasteiger partial charge < -0.3 is 4.40 Å². The predicted octanol–water partition coefficient (Wildman–Crippen LogP) is 5.08. The summed E-state index contributed by atoms with van der Waals surface area (Å²) in [5, 5.41) is 11.1. The molecular formula is C20H13FN2. The van der Waals surface area contributed by atoms with Gasteiger partial charge in [-0.25, -0.2) is 4.39 Å². The Bertz CT molecular complexity index is 1090. The lowest BCUT2D eigenvalue weighted by Gasteiger charge is -2.11. The highest BCUT2D eigenvalue weighted by atomic mass is 19.1. The lowest BCUT2D eigenvalue weighted by atomic mass is 9.99. The molecule has 2 nitrogen and oxygen atoms in total. The van der Waals surface area contributed by atoms with Gasteiger partial charge in [0.1, 0.15) is 11.9 Å². The van der Waals surface area contributed by atoms with Crippen molar-refractivity contribution in [1.29, 1.82) is 5.26 Å². The van der Waals surface area contributed by atoms with E-state index in [4.69, 9.17) is 0 Å². The molecule has 0 amide bonds. The van der Waals surface area contributed by atoms with Crippen molar-refractivity contribution in [1.82, 2.24) is 4.40 Å². The van der Waals surface area contributed by atoms with Crippen molar-refractivity contribution in [3.63, 3.8) is 0 Å². The Morgan fingerprint density at radius 3 is 2.52 bits per heavy atom. The number of nitrogens with zero attached hydrogens (tertiary/aromatic N) is 2. The molecule has 2 heterocycles. The smallest absolute Gasteiger partial charge is 0.123 e. The lowest BCUT2D eigenvalue weighted by Crippen LogP contribution is -1.93. The quantitative estimate of drug-likeness (QED) is 0.482. The van der Waals surface area contributed by atoms with Gasteiger partial charge in [-0.3, -0.25) is 0 Å². The molecule has 0 bridgehead atoms. The van der Waals surface area contributed by atoms with Crippen LogP contribution in [0.15, 0.2) is 60.8 Å². The number of hydrogen-bond donors (Lipinski definition) is 0. The Morgan fingerprint density at radius 2 is 1.78 bits per heavy atom. The topological polar surface area (TPSA) is 28.2 Å². The summed E-state index contributed by atoms with van der Waals surface area (Å²) in [6.45, 7) is 1.95. The first-order valence-electron chi connectivity index (χ1n) is 7.38. The molecule has 110 valence electrons. The van der Waals surface area contributed by atoms with Crippen LogP contribution in [0.2, 0.25) is 0 Å². The number of hydrogen-bond acceptors (Lipinski definition) is 1. The normalized spacial score (nSPS) is 11.0. The van der Waals surface area contributed by atoms with Crippen molar-refractivity contribution in [2.75, 3.05) is 0 Å². The molecule has 0 radical (unpaired) electrons. The van der Waals surface area contributed by atoms with Crippen LogP contribution < -0.4 is 0 Å². The first-order chi connectivity index (χ1) is 11.2. The minimum Gasteiger partial charge on any atom is -0.319 e. The molecule has 23 heavy (non-hydrogen) atoms. The molecule has 0 saturated heterocycles. The van der Waals surface area contributed by atoms with E-state index < -0.39 is 0 Å². The van der Waals surface area contributed by atoms with Crippen LogP contribution in [0.4, 0.5) is 4.39 Å². The van der Waals surface area contributed by atoms with E-state index in [-0.39, 0.29) is 5.82 Å². The molecule has 0 fully saturated rings. The summed E-state index contributed by atoms with van der Waals surface area (Å²) < 4.78 is 15.8. The SMILES string of the molecule is Cc1cc(C#N)c2c3cc(F)ccc3c(-c3ccccc3)cn12. The van der Waals surface area contributed by atoms with Crippen LogP contribution in [0.5, 0.6) is 0 Å². The van der Waals surface area contributed by atoms with Gasteiger partial charge in [0, 0.05) is 22.8 Å². The van der Waals surface area contributed by atoms with Crippen LogP contribution >= 0.6 is 0 Å². The molecule has 4 aromatic rings. The number of pyridine rings is 1. The van der Waals surface area contributed by atoms with Crippen LogP contribution in [0, 0.1) is 24.1 Å². The fourth-order valence-electron chi connectivity index (χ4n) is 3.17. The van der Waals surface area contributed by atoms with E-state index in [1.165, 1.54) is 12.1 Å². The number of aromatic nitrogens is 1. The lowest BCUT2D eigenvalue weighted by molar-refractivity contribution is 0.630. The molecule has 0 saturated carbocycles. The maximum atomic E-state index is 13.8. The Morgan fingerprint density at radius 1 is 1.00 bits per heavy atom. The largest absolute Gasteiger partial charge is 0.319 e. The summed E-state index contributed by atoms with van der Waals surface area (Å²) >= 11 is 0. The summed E-state index contributed by atoms with van der Waals surface area (Å²) in [5.41, 5.74) is 4.38. The molecular weight excluding hydrogens is 287 g/mol. The summed E-state index contributed by atoms with van der Waals surface area (Å²) in [6.07, 6.45) is 2.03. The summed E-state index contributed by atoms with van der Waals surface area (Å²) in [5.74, 6) is -0.299. The van der Waals surface area contributed by atoms with Crippen molar-refractivity contribution < 1.29 is 4.39 Å². The third kappa shape index (κ3) is 2.00. The second-order valence-corrected chi connectivity index (χ2v) is 5.63. The molecule has 0 aliphatic carbocycles. The van der Waals surface area contributed by atoms with Gasteiger partial charge in [0.25, 0.3) is 0 Å². The van der Waals surface area contributed by atoms with Crippen LogP contribution in [-0.2, 0) is 0 Å². The molecule has 0 spiro atoms. The van der Waals surface area contributed by atoms with Gasteiger partial charge >= 0.3 is 0 Å². The van der Waals surface area contributed by atoms with Crippen LogP contribution in [0.3, 0.4) is 0 Å². The standard InChI is InChI=1S/C20H13FN2/c1-13-9-15(11-22)20-18-10-16(21)7-8-17(18)19(12-23(13)20)14-5-3-2-4-6-14/h2-10,12H,1H3. The van der Waals surface area contributed by atoms with Crippen LogP contribution in [-0.4, -0.2) is 4.40 Å². The minimum atomic E-state index is -0.299. The highest BCUT2D eigenvalue weighted by molar-refractivity contribution is 6.06. The molecule has 2 aromatic carbocycles. The predicted molar refractivity (Wildman–Crippen MR) is 89.7 cm³/mol. The third-order valence-electron chi connectivity index (χ3n) is 4.22. The number of benzene rings is 2. The maximum absolute atomic E-state index is 13.8. The van der Waals surface area contributed by atoms with E-state index in [1.54, 1.807) is 6.07 Å². The summed E-state index contributed by atoms with van der Waals surface area (Å²) in [6, 6.07) is 18.8. The van der Waals surface area contributed by atoms with Gasteiger partial charge in [-0.05, 0) is 36.1 Å². The average Bonchev–Trinajstić information content (AvgIpc) is 2.91. The Hall–Kier alpha value is -3.12. The molecule has 0 aliphatic heterocycles. The van der Waals surface area contributed by atoms with Crippen molar-refractivity contribution in [3.05, 3.63) is 77.9 Å². The van der Waals surface area contributed by atoms with Gasteiger partial charge in [-0.15, -0.1) is 0 Å². The van der Waals surface area contributed by atoms with Gasteiger partial charge in [-0.2, -0.15) is 5.26 Å². The Kier molecular flexibility index (Phi) is 2.92. The maximum Gasteiger partial charge on any atom is 0.123 e. The number of fused-ring (bicyclic) bond motifs is 3. The summed E-state index contributed by atoms with van der Waals surface area (Å²) in [7, 11) is 0. The fraction of sp³-hybridized carbons (Fsp3) is 0.0500. The zero-order valence-corrected chi connectivity index (χ0v) is 12.5. The van der Waals surface area contributed by atoms with E-state index >= 15 is 0 Å². The van der Waals surface area contributed by atoms with Gasteiger partial charge in [0.2, 0.25) is 0 Å². The minimum absolute atomic E-state index is 0.299. The number of rotatable bonds is 1. The first kappa shape index (κ1) is 13.5. The molecule has 3 heteroatoms. The van der Waals surface area contributed by atoms with Gasteiger partial charge in [0.05, 0.1) is 11.1 Å². The highest BCUT2D eigenvalue weighted by Gasteiger charge is 2.14. The van der Waals surface area contributed by atoms with E-state index in [0.717, 1.165) is 33.1 Å².